The lowest BCUT2D eigenvalue weighted by atomic mass is 9.91. The van der Waals surface area contributed by atoms with E-state index in [0.717, 1.165) is 28.7 Å². The molecule has 0 amide bonds. The lowest BCUT2D eigenvalue weighted by molar-refractivity contribution is -0.106. The number of carbonyl (C=O) groups is 1. The second-order valence-electron chi connectivity index (χ2n) is 5.42. The molecule has 0 N–H and O–H groups in total. The Kier molecular flexibility index (Phi) is 2.94. The Morgan fingerprint density at radius 2 is 1.75 bits per heavy atom. The zero-order chi connectivity index (χ0) is 14.2. The van der Waals surface area contributed by atoms with Crippen molar-refractivity contribution in [3.63, 3.8) is 0 Å². The molecule has 0 saturated carbocycles. The Morgan fingerprint density at radius 1 is 1.00 bits per heavy atom. The summed E-state index contributed by atoms with van der Waals surface area (Å²) in [4.78, 5) is 11.2. The van der Waals surface area contributed by atoms with Crippen molar-refractivity contribution in [3.05, 3.63) is 59.7 Å². The maximum absolute atomic E-state index is 11.2. The fraction of sp³-hybridized carbons (Fsp3) is 0.167. The minimum atomic E-state index is -0.598. The topological polar surface area (TPSA) is 26.3 Å². The highest BCUT2D eigenvalue weighted by molar-refractivity contribution is 5.89. The highest BCUT2D eigenvalue weighted by Gasteiger charge is 2.31. The zero-order valence-corrected chi connectivity index (χ0v) is 11.6. The number of hydrogen-bond donors (Lipinski definition) is 0. The van der Waals surface area contributed by atoms with Gasteiger partial charge in [-0.1, -0.05) is 48.5 Å². The molecular weight excluding hydrogens is 248 g/mol. The summed E-state index contributed by atoms with van der Waals surface area (Å²) in [6.07, 6.45) is 2.79. The normalized spacial score (nSPS) is 15.8. The molecule has 0 unspecified atom stereocenters. The number of benzene rings is 2. The van der Waals surface area contributed by atoms with Gasteiger partial charge in [0, 0.05) is 16.7 Å². The van der Waals surface area contributed by atoms with Gasteiger partial charge in [0.25, 0.3) is 0 Å². The van der Waals surface area contributed by atoms with Gasteiger partial charge in [-0.05, 0) is 25.5 Å². The van der Waals surface area contributed by atoms with E-state index in [0.29, 0.717) is 5.57 Å². The molecule has 100 valence electrons. The first-order valence-corrected chi connectivity index (χ1v) is 6.66. The van der Waals surface area contributed by atoms with E-state index in [4.69, 9.17) is 4.74 Å². The van der Waals surface area contributed by atoms with Crippen LogP contribution in [-0.4, -0.2) is 11.9 Å². The summed E-state index contributed by atoms with van der Waals surface area (Å²) in [5.41, 5.74) is 3.18. The quantitative estimate of drug-likeness (QED) is 0.763. The third-order valence-electron chi connectivity index (χ3n) is 3.62. The number of para-hydroxylation sites is 1. The molecule has 2 aromatic rings. The highest BCUT2D eigenvalue weighted by Crippen LogP contribution is 2.41. The predicted octanol–water partition coefficient (Wildman–Crippen LogP) is 4.11. The molecule has 0 aromatic heterocycles. The number of carbonyl (C=O) groups excluding carboxylic acids is 1. The molecule has 20 heavy (non-hydrogen) atoms. The summed E-state index contributed by atoms with van der Waals surface area (Å²) in [6.45, 7) is 3.83. The minimum absolute atomic E-state index is 0.598. The zero-order valence-electron chi connectivity index (χ0n) is 11.6. The summed E-state index contributed by atoms with van der Waals surface area (Å²) >= 11 is 0. The maximum atomic E-state index is 11.2. The van der Waals surface area contributed by atoms with Gasteiger partial charge in [-0.3, -0.25) is 4.79 Å². The van der Waals surface area contributed by atoms with E-state index in [-0.39, 0.29) is 0 Å². The Labute approximate surface area is 118 Å². The van der Waals surface area contributed by atoms with Gasteiger partial charge in [0.05, 0.1) is 0 Å². The summed E-state index contributed by atoms with van der Waals surface area (Å²) in [7, 11) is 0. The van der Waals surface area contributed by atoms with E-state index < -0.39 is 5.60 Å². The van der Waals surface area contributed by atoms with Gasteiger partial charge in [-0.15, -0.1) is 0 Å². The molecule has 0 radical (unpaired) electrons. The van der Waals surface area contributed by atoms with Crippen LogP contribution in [0.25, 0.3) is 17.2 Å². The first kappa shape index (κ1) is 12.7. The summed E-state index contributed by atoms with van der Waals surface area (Å²) in [6, 6.07) is 16.1. The summed E-state index contributed by atoms with van der Waals surface area (Å²) in [5, 5.41) is 0. The van der Waals surface area contributed by atoms with Gasteiger partial charge >= 0.3 is 0 Å². The van der Waals surface area contributed by atoms with Crippen LogP contribution >= 0.6 is 0 Å². The van der Waals surface area contributed by atoms with Crippen LogP contribution in [0, 0.1) is 0 Å². The average molecular weight is 264 g/mol. The van der Waals surface area contributed by atoms with Crippen LogP contribution in [0.5, 0.6) is 5.75 Å². The molecule has 2 heteroatoms. The monoisotopic (exact) mass is 264 g/mol. The molecular formula is C18H16O2. The lowest BCUT2D eigenvalue weighted by Crippen LogP contribution is -2.34. The van der Waals surface area contributed by atoms with Gasteiger partial charge in [-0.2, -0.15) is 0 Å². The van der Waals surface area contributed by atoms with E-state index in [1.165, 1.54) is 0 Å². The van der Waals surface area contributed by atoms with Crippen LogP contribution in [0.3, 0.4) is 0 Å². The van der Waals surface area contributed by atoms with Crippen LogP contribution in [0.4, 0.5) is 0 Å². The molecule has 0 aliphatic carbocycles. The highest BCUT2D eigenvalue weighted by atomic mass is 16.5. The molecule has 0 spiro atoms. The average Bonchev–Trinajstić information content (AvgIpc) is 2.46. The van der Waals surface area contributed by atoms with Crippen molar-refractivity contribution in [2.24, 2.45) is 0 Å². The molecule has 0 saturated heterocycles. The fourth-order valence-electron chi connectivity index (χ4n) is 2.46. The molecule has 0 fully saturated rings. The largest absolute Gasteiger partial charge is 0.482 e. The maximum Gasteiger partial charge on any atom is 0.150 e. The second-order valence-corrected chi connectivity index (χ2v) is 5.42. The van der Waals surface area contributed by atoms with E-state index in [1.54, 1.807) is 0 Å². The second kappa shape index (κ2) is 4.64. The summed E-state index contributed by atoms with van der Waals surface area (Å²) in [5.74, 6) is 0.842. The van der Waals surface area contributed by atoms with Crippen LogP contribution in [0.15, 0.2) is 54.1 Å². The SMILES string of the molecule is CC1(C)Oc2c(cccc2-c2ccccc2)C=C1C=O. The Hall–Kier alpha value is -2.35. The molecule has 1 aliphatic heterocycles. The molecule has 2 aromatic carbocycles. The van der Waals surface area contributed by atoms with E-state index in [1.807, 2.05) is 56.3 Å². The van der Waals surface area contributed by atoms with Gasteiger partial charge < -0.3 is 4.74 Å². The standard InChI is InChI=1S/C18H16O2/c1-18(2)15(12-19)11-14-9-6-10-16(17(14)20-18)13-7-4-3-5-8-13/h3-12H,1-2H3. The van der Waals surface area contributed by atoms with Gasteiger partial charge in [0.2, 0.25) is 0 Å². The van der Waals surface area contributed by atoms with Crippen molar-refractivity contribution >= 4 is 12.4 Å². The number of rotatable bonds is 2. The third-order valence-corrected chi connectivity index (χ3v) is 3.62. The number of ether oxygens (including phenoxy) is 1. The van der Waals surface area contributed by atoms with Crippen LogP contribution in [0.2, 0.25) is 0 Å². The fourth-order valence-corrected chi connectivity index (χ4v) is 2.46. The number of fused-ring (bicyclic) bond motifs is 1. The molecule has 1 heterocycles. The van der Waals surface area contributed by atoms with Crippen LogP contribution < -0.4 is 4.74 Å². The predicted molar refractivity (Wildman–Crippen MR) is 80.6 cm³/mol. The number of aldehydes is 1. The molecule has 0 bridgehead atoms. The third kappa shape index (κ3) is 2.03. The smallest absolute Gasteiger partial charge is 0.150 e. The first-order chi connectivity index (χ1) is 9.62. The van der Waals surface area contributed by atoms with Crippen LogP contribution in [0.1, 0.15) is 19.4 Å². The summed E-state index contributed by atoms with van der Waals surface area (Å²) < 4.78 is 6.11. The lowest BCUT2D eigenvalue weighted by Gasteiger charge is -2.32. The van der Waals surface area contributed by atoms with E-state index >= 15 is 0 Å². The molecule has 2 nitrogen and oxygen atoms in total. The van der Waals surface area contributed by atoms with Crippen molar-refractivity contribution in [2.45, 2.75) is 19.4 Å². The van der Waals surface area contributed by atoms with E-state index in [9.17, 15) is 4.79 Å². The van der Waals surface area contributed by atoms with Crippen molar-refractivity contribution in [2.75, 3.05) is 0 Å². The van der Waals surface area contributed by atoms with Gasteiger partial charge in [0.15, 0.2) is 0 Å². The Balaban J connectivity index is 2.20. The minimum Gasteiger partial charge on any atom is -0.482 e. The molecule has 3 rings (SSSR count). The van der Waals surface area contributed by atoms with E-state index in [2.05, 4.69) is 12.1 Å². The Morgan fingerprint density at radius 3 is 2.45 bits per heavy atom. The van der Waals surface area contributed by atoms with Crippen molar-refractivity contribution in [3.8, 4) is 16.9 Å². The Bertz CT molecular complexity index is 682. The van der Waals surface area contributed by atoms with Crippen molar-refractivity contribution < 1.29 is 9.53 Å². The molecule has 1 aliphatic rings. The number of hydrogen-bond acceptors (Lipinski definition) is 2. The van der Waals surface area contributed by atoms with Crippen molar-refractivity contribution in [1.29, 1.82) is 0 Å². The van der Waals surface area contributed by atoms with Gasteiger partial charge in [-0.25, -0.2) is 0 Å². The van der Waals surface area contributed by atoms with Crippen molar-refractivity contribution in [1.82, 2.24) is 0 Å². The van der Waals surface area contributed by atoms with Crippen LogP contribution in [-0.2, 0) is 4.79 Å². The first-order valence-electron chi connectivity index (χ1n) is 6.66. The van der Waals surface area contributed by atoms with Gasteiger partial charge in [0.1, 0.15) is 17.6 Å². The molecule has 0 atom stereocenters.